The molecule has 0 bridgehead atoms. The molecule has 2 heterocycles. The number of amides is 2. The SMILES string of the molecule is O=C(N[C@@H]1CONC1=O)C1Cc2ccccc2CN1. The van der Waals surface area contributed by atoms with Crippen LogP contribution in [0.5, 0.6) is 0 Å². The summed E-state index contributed by atoms with van der Waals surface area (Å²) in [7, 11) is 0. The first-order valence-electron chi connectivity index (χ1n) is 6.26. The highest BCUT2D eigenvalue weighted by atomic mass is 16.7. The average molecular weight is 261 g/mol. The molecule has 2 atom stereocenters. The zero-order chi connectivity index (χ0) is 13.2. The molecule has 100 valence electrons. The predicted octanol–water partition coefficient (Wildman–Crippen LogP) is -0.753. The molecule has 0 spiro atoms. The number of hydroxylamine groups is 1. The number of rotatable bonds is 2. The third kappa shape index (κ3) is 2.45. The van der Waals surface area contributed by atoms with Gasteiger partial charge in [0.05, 0.1) is 6.04 Å². The number of nitrogens with one attached hydrogen (secondary N) is 3. The van der Waals surface area contributed by atoms with E-state index < -0.39 is 6.04 Å². The number of benzene rings is 1. The fourth-order valence-electron chi connectivity index (χ4n) is 2.36. The molecule has 2 amide bonds. The molecule has 2 aliphatic heterocycles. The van der Waals surface area contributed by atoms with Crippen molar-refractivity contribution in [2.24, 2.45) is 0 Å². The van der Waals surface area contributed by atoms with Gasteiger partial charge in [-0.1, -0.05) is 24.3 Å². The van der Waals surface area contributed by atoms with Crippen LogP contribution in [0.3, 0.4) is 0 Å². The Labute approximate surface area is 110 Å². The first-order valence-corrected chi connectivity index (χ1v) is 6.26. The van der Waals surface area contributed by atoms with Gasteiger partial charge in [-0.05, 0) is 17.5 Å². The van der Waals surface area contributed by atoms with Crippen LogP contribution in [0.25, 0.3) is 0 Å². The van der Waals surface area contributed by atoms with Crippen LogP contribution in [0, 0.1) is 0 Å². The van der Waals surface area contributed by atoms with E-state index in [0.29, 0.717) is 13.0 Å². The summed E-state index contributed by atoms with van der Waals surface area (Å²) in [6.07, 6.45) is 0.636. The predicted molar refractivity (Wildman–Crippen MR) is 66.8 cm³/mol. The summed E-state index contributed by atoms with van der Waals surface area (Å²) in [5.74, 6) is -0.468. The van der Waals surface area contributed by atoms with E-state index in [4.69, 9.17) is 4.84 Å². The van der Waals surface area contributed by atoms with Crippen molar-refractivity contribution >= 4 is 11.8 Å². The summed E-state index contributed by atoms with van der Waals surface area (Å²) in [6, 6.07) is 7.14. The van der Waals surface area contributed by atoms with Crippen molar-refractivity contribution in [3.63, 3.8) is 0 Å². The molecule has 1 fully saturated rings. The average Bonchev–Trinajstić information content (AvgIpc) is 2.84. The van der Waals surface area contributed by atoms with E-state index in [2.05, 4.69) is 22.2 Å². The Morgan fingerprint density at radius 2 is 2.11 bits per heavy atom. The van der Waals surface area contributed by atoms with Gasteiger partial charge in [-0.15, -0.1) is 0 Å². The van der Waals surface area contributed by atoms with E-state index in [-0.39, 0.29) is 24.5 Å². The van der Waals surface area contributed by atoms with E-state index in [1.165, 1.54) is 11.1 Å². The first-order chi connectivity index (χ1) is 9.24. The number of hydrogen-bond donors (Lipinski definition) is 3. The Kier molecular flexibility index (Phi) is 3.18. The Balaban J connectivity index is 1.64. The quantitative estimate of drug-likeness (QED) is 0.654. The van der Waals surface area contributed by atoms with E-state index >= 15 is 0 Å². The molecule has 1 aromatic rings. The van der Waals surface area contributed by atoms with Gasteiger partial charge in [0.15, 0.2) is 0 Å². The largest absolute Gasteiger partial charge is 0.341 e. The Bertz CT molecular complexity index is 518. The normalized spacial score (nSPS) is 25.6. The summed E-state index contributed by atoms with van der Waals surface area (Å²) in [5, 5.41) is 5.87. The molecule has 6 nitrogen and oxygen atoms in total. The van der Waals surface area contributed by atoms with Crippen LogP contribution >= 0.6 is 0 Å². The van der Waals surface area contributed by atoms with Gasteiger partial charge in [0.2, 0.25) is 5.91 Å². The lowest BCUT2D eigenvalue weighted by Crippen LogP contribution is -2.52. The minimum atomic E-state index is -0.591. The monoisotopic (exact) mass is 261 g/mol. The van der Waals surface area contributed by atoms with Crippen LogP contribution in [0.4, 0.5) is 0 Å². The van der Waals surface area contributed by atoms with E-state index in [1.807, 2.05) is 18.2 Å². The molecule has 6 heteroatoms. The fourth-order valence-corrected chi connectivity index (χ4v) is 2.36. The first kappa shape index (κ1) is 12.1. The van der Waals surface area contributed by atoms with Crippen LogP contribution in [0.15, 0.2) is 24.3 Å². The second-order valence-corrected chi connectivity index (χ2v) is 4.74. The Morgan fingerprint density at radius 1 is 1.32 bits per heavy atom. The standard InChI is InChI=1S/C13H15N3O3/c17-12(15-11-7-19-16-13(11)18)10-5-8-3-1-2-4-9(8)6-14-10/h1-4,10-11,14H,5-7H2,(H,15,17)(H,16,18)/t10?,11-/m1/s1. The van der Waals surface area contributed by atoms with Gasteiger partial charge in [-0.25, -0.2) is 5.48 Å². The van der Waals surface area contributed by atoms with Crippen LogP contribution in [-0.2, 0) is 27.4 Å². The number of hydrogen-bond acceptors (Lipinski definition) is 4. The molecule has 3 rings (SSSR count). The molecule has 3 N–H and O–H groups in total. The lowest BCUT2D eigenvalue weighted by atomic mass is 9.95. The van der Waals surface area contributed by atoms with Gasteiger partial charge in [0.1, 0.15) is 12.6 Å². The molecule has 0 aliphatic carbocycles. The summed E-state index contributed by atoms with van der Waals surface area (Å²) in [5.41, 5.74) is 4.61. The number of carbonyl (C=O) groups excluding carboxylic acids is 2. The topological polar surface area (TPSA) is 79.5 Å². The van der Waals surface area contributed by atoms with Crippen molar-refractivity contribution in [2.75, 3.05) is 6.61 Å². The third-order valence-electron chi connectivity index (χ3n) is 3.45. The van der Waals surface area contributed by atoms with Crippen molar-refractivity contribution in [3.8, 4) is 0 Å². The van der Waals surface area contributed by atoms with Gasteiger partial charge in [-0.3, -0.25) is 14.4 Å². The molecule has 1 saturated heterocycles. The van der Waals surface area contributed by atoms with Gasteiger partial charge in [-0.2, -0.15) is 0 Å². The maximum atomic E-state index is 12.1. The van der Waals surface area contributed by atoms with Crippen molar-refractivity contribution in [3.05, 3.63) is 35.4 Å². The van der Waals surface area contributed by atoms with Crippen LogP contribution in [0.2, 0.25) is 0 Å². The van der Waals surface area contributed by atoms with Crippen molar-refractivity contribution in [1.29, 1.82) is 0 Å². The van der Waals surface area contributed by atoms with Crippen molar-refractivity contribution in [1.82, 2.24) is 16.1 Å². The second kappa shape index (κ2) is 4.99. The Hall–Kier alpha value is -1.92. The molecular weight excluding hydrogens is 246 g/mol. The molecule has 0 radical (unpaired) electrons. The maximum Gasteiger partial charge on any atom is 0.268 e. The van der Waals surface area contributed by atoms with Gasteiger partial charge >= 0.3 is 0 Å². The molecule has 0 saturated carbocycles. The molecule has 2 aliphatic rings. The summed E-state index contributed by atoms with van der Waals surface area (Å²) in [4.78, 5) is 28.2. The summed E-state index contributed by atoms with van der Waals surface area (Å²) < 4.78 is 0. The van der Waals surface area contributed by atoms with E-state index in [9.17, 15) is 9.59 Å². The second-order valence-electron chi connectivity index (χ2n) is 4.74. The van der Waals surface area contributed by atoms with Gasteiger partial charge in [0, 0.05) is 6.54 Å². The maximum absolute atomic E-state index is 12.1. The minimum Gasteiger partial charge on any atom is -0.341 e. The molecule has 0 aromatic heterocycles. The zero-order valence-corrected chi connectivity index (χ0v) is 10.3. The van der Waals surface area contributed by atoms with Gasteiger partial charge in [0.25, 0.3) is 5.91 Å². The lowest BCUT2D eigenvalue weighted by Gasteiger charge is -2.25. The highest BCUT2D eigenvalue weighted by molar-refractivity contribution is 5.90. The summed E-state index contributed by atoms with van der Waals surface area (Å²) in [6.45, 7) is 0.843. The third-order valence-corrected chi connectivity index (χ3v) is 3.45. The smallest absolute Gasteiger partial charge is 0.268 e. The van der Waals surface area contributed by atoms with Crippen LogP contribution < -0.4 is 16.1 Å². The molecule has 1 unspecified atom stereocenters. The summed E-state index contributed by atoms with van der Waals surface area (Å²) >= 11 is 0. The molecular formula is C13H15N3O3. The van der Waals surface area contributed by atoms with Crippen molar-refractivity contribution in [2.45, 2.75) is 25.0 Å². The van der Waals surface area contributed by atoms with E-state index in [1.54, 1.807) is 0 Å². The lowest BCUT2D eigenvalue weighted by molar-refractivity contribution is -0.129. The minimum absolute atomic E-state index is 0.167. The zero-order valence-electron chi connectivity index (χ0n) is 10.3. The Morgan fingerprint density at radius 3 is 2.84 bits per heavy atom. The van der Waals surface area contributed by atoms with E-state index in [0.717, 1.165) is 0 Å². The van der Waals surface area contributed by atoms with Gasteiger partial charge < -0.3 is 10.6 Å². The highest BCUT2D eigenvalue weighted by Gasteiger charge is 2.31. The number of carbonyl (C=O) groups is 2. The highest BCUT2D eigenvalue weighted by Crippen LogP contribution is 2.16. The van der Waals surface area contributed by atoms with Crippen LogP contribution in [-0.4, -0.2) is 30.5 Å². The fraction of sp³-hybridized carbons (Fsp3) is 0.385. The number of fused-ring (bicyclic) bond motifs is 1. The van der Waals surface area contributed by atoms with Crippen molar-refractivity contribution < 1.29 is 14.4 Å². The van der Waals surface area contributed by atoms with Crippen LogP contribution in [0.1, 0.15) is 11.1 Å². The molecule has 19 heavy (non-hydrogen) atoms. The molecule has 1 aromatic carbocycles.